The maximum Gasteiger partial charge on any atom is 0.410 e. The van der Waals surface area contributed by atoms with E-state index >= 15 is 0 Å². The zero-order valence-corrected chi connectivity index (χ0v) is 15.4. The van der Waals surface area contributed by atoms with Gasteiger partial charge in [0.2, 0.25) is 0 Å². The van der Waals surface area contributed by atoms with Crippen LogP contribution in [0.2, 0.25) is 0 Å². The molecular weight excluding hydrogens is 330 g/mol. The summed E-state index contributed by atoms with van der Waals surface area (Å²) in [4.78, 5) is 13.8. The van der Waals surface area contributed by atoms with Crippen molar-refractivity contribution in [3.63, 3.8) is 0 Å². The molecule has 24 heavy (non-hydrogen) atoms. The van der Waals surface area contributed by atoms with E-state index in [1.54, 1.807) is 30.0 Å². The van der Waals surface area contributed by atoms with Crippen molar-refractivity contribution in [1.82, 2.24) is 4.90 Å². The van der Waals surface area contributed by atoms with Crippen LogP contribution in [0.5, 0.6) is 0 Å². The summed E-state index contributed by atoms with van der Waals surface area (Å²) >= 11 is 0. The standard InChI is InChI=1S/C17H25NO5S/c1-13-7-5-6-8-15(13)24(20,21)22-12-14-9-10-18(11-14)16(19)23-17(2,3)4/h5-8,14H,9-12H2,1-4H3. The van der Waals surface area contributed by atoms with Gasteiger partial charge >= 0.3 is 6.09 Å². The van der Waals surface area contributed by atoms with Gasteiger partial charge in [-0.2, -0.15) is 8.42 Å². The molecule has 1 unspecified atom stereocenters. The van der Waals surface area contributed by atoms with E-state index in [1.807, 2.05) is 20.8 Å². The third-order valence-electron chi connectivity index (χ3n) is 3.76. The van der Waals surface area contributed by atoms with E-state index in [4.69, 9.17) is 8.92 Å². The van der Waals surface area contributed by atoms with Gasteiger partial charge in [0.15, 0.2) is 0 Å². The summed E-state index contributed by atoms with van der Waals surface area (Å²) in [7, 11) is -3.78. The first-order valence-electron chi connectivity index (χ1n) is 8.01. The maximum atomic E-state index is 12.3. The Hall–Kier alpha value is -1.60. The van der Waals surface area contributed by atoms with Crippen molar-refractivity contribution in [2.24, 2.45) is 5.92 Å². The largest absolute Gasteiger partial charge is 0.444 e. The quantitative estimate of drug-likeness (QED) is 0.777. The van der Waals surface area contributed by atoms with Crippen LogP contribution in [0.3, 0.4) is 0 Å². The molecule has 0 N–H and O–H groups in total. The highest BCUT2D eigenvalue weighted by Gasteiger charge is 2.31. The SMILES string of the molecule is Cc1ccccc1S(=O)(=O)OCC1CCN(C(=O)OC(C)(C)C)C1. The molecule has 0 spiro atoms. The van der Waals surface area contributed by atoms with Crippen LogP contribution in [0, 0.1) is 12.8 Å². The summed E-state index contributed by atoms with van der Waals surface area (Å²) in [6, 6.07) is 6.72. The number of benzene rings is 1. The monoisotopic (exact) mass is 355 g/mol. The molecule has 1 aromatic rings. The van der Waals surface area contributed by atoms with E-state index in [9.17, 15) is 13.2 Å². The predicted octanol–water partition coefficient (Wildman–Crippen LogP) is 2.96. The van der Waals surface area contributed by atoms with Gasteiger partial charge in [-0.25, -0.2) is 4.79 Å². The number of hydrogen-bond acceptors (Lipinski definition) is 5. The molecule has 2 rings (SSSR count). The summed E-state index contributed by atoms with van der Waals surface area (Å²) in [5, 5.41) is 0. The Balaban J connectivity index is 1.90. The van der Waals surface area contributed by atoms with Gasteiger partial charge in [-0.1, -0.05) is 18.2 Å². The van der Waals surface area contributed by atoms with E-state index in [0.717, 1.165) is 0 Å². The van der Waals surface area contributed by atoms with Crippen LogP contribution in [-0.4, -0.2) is 44.7 Å². The molecule has 6 nitrogen and oxygen atoms in total. The molecule has 1 aliphatic heterocycles. The first kappa shape index (κ1) is 18.7. The van der Waals surface area contributed by atoms with Crippen LogP contribution in [0.15, 0.2) is 29.2 Å². The smallest absolute Gasteiger partial charge is 0.410 e. The second-order valence-corrected chi connectivity index (χ2v) is 8.67. The zero-order valence-electron chi connectivity index (χ0n) is 14.6. The predicted molar refractivity (Wildman–Crippen MR) is 90.2 cm³/mol. The van der Waals surface area contributed by atoms with Gasteiger partial charge in [0, 0.05) is 19.0 Å². The van der Waals surface area contributed by atoms with E-state index in [0.29, 0.717) is 25.1 Å². The van der Waals surface area contributed by atoms with Crippen molar-refractivity contribution in [3.05, 3.63) is 29.8 Å². The van der Waals surface area contributed by atoms with Crippen LogP contribution in [0.25, 0.3) is 0 Å². The van der Waals surface area contributed by atoms with Crippen LogP contribution >= 0.6 is 0 Å². The summed E-state index contributed by atoms with van der Waals surface area (Å²) in [6.45, 7) is 8.24. The molecule has 0 aliphatic carbocycles. The Morgan fingerprint density at radius 1 is 1.29 bits per heavy atom. The minimum Gasteiger partial charge on any atom is -0.444 e. The second kappa shape index (κ2) is 7.11. The minimum absolute atomic E-state index is 0.0173. The Bertz CT molecular complexity index is 693. The highest BCUT2D eigenvalue weighted by Crippen LogP contribution is 2.22. The second-order valence-electron chi connectivity index (χ2n) is 7.09. The fraction of sp³-hybridized carbons (Fsp3) is 0.588. The van der Waals surface area contributed by atoms with Gasteiger partial charge in [0.05, 0.1) is 11.5 Å². The molecule has 1 heterocycles. The number of likely N-dealkylation sites (tertiary alicyclic amines) is 1. The number of nitrogens with zero attached hydrogens (tertiary/aromatic N) is 1. The van der Waals surface area contributed by atoms with Crippen LogP contribution in [0.4, 0.5) is 4.79 Å². The highest BCUT2D eigenvalue weighted by molar-refractivity contribution is 7.86. The lowest BCUT2D eigenvalue weighted by Crippen LogP contribution is -2.35. The number of carbonyl (C=O) groups is 1. The molecule has 134 valence electrons. The van der Waals surface area contributed by atoms with Crippen LogP contribution in [0.1, 0.15) is 32.8 Å². The molecule has 1 atom stereocenters. The van der Waals surface area contributed by atoms with Gasteiger partial charge in [0.1, 0.15) is 5.60 Å². The molecule has 0 aromatic heterocycles. The topological polar surface area (TPSA) is 72.9 Å². The lowest BCUT2D eigenvalue weighted by atomic mass is 10.1. The maximum absolute atomic E-state index is 12.3. The van der Waals surface area contributed by atoms with Gasteiger partial charge in [-0.3, -0.25) is 4.18 Å². The Labute approximate surface area is 143 Å². The molecule has 0 saturated carbocycles. The van der Waals surface area contributed by atoms with E-state index < -0.39 is 15.7 Å². The summed E-state index contributed by atoms with van der Waals surface area (Å²) < 4.78 is 35.1. The molecule has 1 aromatic carbocycles. The lowest BCUT2D eigenvalue weighted by molar-refractivity contribution is 0.0285. The van der Waals surface area contributed by atoms with Gasteiger partial charge in [-0.05, 0) is 45.7 Å². The van der Waals surface area contributed by atoms with Gasteiger partial charge in [0.25, 0.3) is 10.1 Å². The highest BCUT2D eigenvalue weighted by atomic mass is 32.2. The first-order chi connectivity index (χ1) is 11.1. The summed E-state index contributed by atoms with van der Waals surface area (Å²) in [5.41, 5.74) is 0.110. The normalized spacial score (nSPS) is 18.7. The van der Waals surface area contributed by atoms with E-state index in [2.05, 4.69) is 0 Å². The Morgan fingerprint density at radius 2 is 1.96 bits per heavy atom. The summed E-state index contributed by atoms with van der Waals surface area (Å²) in [5.74, 6) is -0.0173. The molecule has 1 saturated heterocycles. The van der Waals surface area contributed by atoms with E-state index in [1.165, 1.54) is 6.07 Å². The average molecular weight is 355 g/mol. The number of amides is 1. The average Bonchev–Trinajstić information content (AvgIpc) is 2.93. The van der Waals surface area contributed by atoms with Crippen molar-refractivity contribution in [2.45, 2.75) is 44.6 Å². The fourth-order valence-electron chi connectivity index (χ4n) is 2.55. The van der Waals surface area contributed by atoms with Crippen molar-refractivity contribution in [1.29, 1.82) is 0 Å². The number of carbonyl (C=O) groups excluding carboxylic acids is 1. The number of rotatable bonds is 4. The minimum atomic E-state index is -3.78. The first-order valence-corrected chi connectivity index (χ1v) is 9.42. The molecule has 0 bridgehead atoms. The van der Waals surface area contributed by atoms with Crippen molar-refractivity contribution in [2.75, 3.05) is 19.7 Å². The number of hydrogen-bond donors (Lipinski definition) is 0. The molecule has 1 amide bonds. The van der Waals surface area contributed by atoms with Crippen molar-refractivity contribution >= 4 is 16.2 Å². The number of ether oxygens (including phenoxy) is 1. The molecule has 7 heteroatoms. The zero-order chi connectivity index (χ0) is 18.0. The van der Waals surface area contributed by atoms with E-state index in [-0.39, 0.29) is 23.5 Å². The van der Waals surface area contributed by atoms with Crippen LogP contribution < -0.4 is 0 Å². The molecule has 1 fully saturated rings. The van der Waals surface area contributed by atoms with Crippen molar-refractivity contribution in [3.8, 4) is 0 Å². The fourth-order valence-corrected chi connectivity index (χ4v) is 3.75. The lowest BCUT2D eigenvalue weighted by Gasteiger charge is -2.24. The number of aryl methyl sites for hydroxylation is 1. The molecular formula is C17H25NO5S. The third kappa shape index (κ3) is 4.95. The third-order valence-corrected chi connectivity index (χ3v) is 5.20. The molecule has 0 radical (unpaired) electrons. The molecule has 1 aliphatic rings. The van der Waals surface area contributed by atoms with Crippen LogP contribution in [-0.2, 0) is 19.0 Å². The van der Waals surface area contributed by atoms with Gasteiger partial charge < -0.3 is 9.64 Å². The summed E-state index contributed by atoms with van der Waals surface area (Å²) in [6.07, 6.45) is 0.328. The Morgan fingerprint density at radius 3 is 2.58 bits per heavy atom. The van der Waals surface area contributed by atoms with Gasteiger partial charge in [-0.15, -0.1) is 0 Å². The Kier molecular flexibility index (Phi) is 5.55. The van der Waals surface area contributed by atoms with Crippen molar-refractivity contribution < 1.29 is 22.1 Å².